The molecular formula is C35H45N3O8. The van der Waals surface area contributed by atoms with E-state index in [1.807, 2.05) is 36.4 Å². The third-order valence-corrected chi connectivity index (χ3v) is 7.23. The first-order chi connectivity index (χ1) is 21.9. The molecule has 0 aromatic heterocycles. The zero-order chi connectivity index (χ0) is 33.7. The largest absolute Gasteiger partial charge is 0.460 e. The highest BCUT2D eigenvalue weighted by atomic mass is 16.6. The molecule has 11 nitrogen and oxygen atoms in total. The molecule has 1 aliphatic rings. The molecule has 1 aliphatic carbocycles. The maximum Gasteiger partial charge on any atom is 0.407 e. The van der Waals surface area contributed by atoms with Crippen LogP contribution in [-0.2, 0) is 33.4 Å². The Morgan fingerprint density at radius 1 is 0.848 bits per heavy atom. The number of hydrogen-bond donors (Lipinski definition) is 3. The Kier molecular flexibility index (Phi) is 13.3. The molecule has 0 aliphatic heterocycles. The molecule has 0 bridgehead atoms. The van der Waals surface area contributed by atoms with Gasteiger partial charge in [0, 0.05) is 25.8 Å². The summed E-state index contributed by atoms with van der Waals surface area (Å²) in [6, 6.07) is 14.1. The number of unbranched alkanes of at least 4 members (excludes halogenated alkanes) is 1. The molecule has 0 unspecified atom stereocenters. The van der Waals surface area contributed by atoms with Crippen molar-refractivity contribution in [3.8, 4) is 11.1 Å². The highest BCUT2D eigenvalue weighted by molar-refractivity contribution is 5.85. The number of rotatable bonds is 16. The van der Waals surface area contributed by atoms with Crippen LogP contribution in [0.5, 0.6) is 0 Å². The Hall–Kier alpha value is -4.67. The van der Waals surface area contributed by atoms with Crippen LogP contribution >= 0.6 is 0 Å². The summed E-state index contributed by atoms with van der Waals surface area (Å²) in [5.74, 6) is -2.02. The van der Waals surface area contributed by atoms with E-state index in [0.717, 1.165) is 22.3 Å². The molecule has 3 N–H and O–H groups in total. The van der Waals surface area contributed by atoms with Gasteiger partial charge in [0.25, 0.3) is 0 Å². The van der Waals surface area contributed by atoms with Crippen LogP contribution in [0.4, 0.5) is 4.79 Å². The molecule has 11 heteroatoms. The fraction of sp³-hybridized carbons (Fsp3) is 0.457. The SMILES string of the molecule is C=CCOC(=O)[C@H](CCCCNC(=O)CC[C@H](NC(C)=O)C(=O)OC(C)(C)C)NC(=O)OCC1c2ccccc2-c2ccccc21. The number of carbonyl (C=O) groups excluding carboxylic acids is 5. The van der Waals surface area contributed by atoms with Crippen molar-refractivity contribution in [1.29, 1.82) is 0 Å². The van der Waals surface area contributed by atoms with Crippen molar-refractivity contribution in [3.63, 3.8) is 0 Å². The summed E-state index contributed by atoms with van der Waals surface area (Å²) < 4.78 is 16.1. The Labute approximate surface area is 270 Å². The van der Waals surface area contributed by atoms with Crippen LogP contribution in [0.1, 0.15) is 76.8 Å². The maximum absolute atomic E-state index is 12.8. The molecular weight excluding hydrogens is 590 g/mol. The number of esters is 2. The van der Waals surface area contributed by atoms with Gasteiger partial charge in [-0.1, -0.05) is 61.2 Å². The number of carbonyl (C=O) groups is 5. The zero-order valence-electron chi connectivity index (χ0n) is 27.1. The van der Waals surface area contributed by atoms with Crippen LogP contribution < -0.4 is 16.0 Å². The van der Waals surface area contributed by atoms with Crippen LogP contribution in [0.15, 0.2) is 61.2 Å². The number of alkyl carbamates (subject to hydrolysis) is 1. The minimum atomic E-state index is -0.946. The van der Waals surface area contributed by atoms with Gasteiger partial charge in [0.05, 0.1) is 0 Å². The fourth-order valence-corrected chi connectivity index (χ4v) is 5.21. The number of amides is 3. The normalized spacial score (nSPS) is 13.3. The van der Waals surface area contributed by atoms with Crippen molar-refractivity contribution < 1.29 is 38.2 Å². The number of ether oxygens (including phenoxy) is 3. The average molecular weight is 636 g/mol. The first-order valence-corrected chi connectivity index (χ1v) is 15.5. The molecule has 0 saturated heterocycles. The molecule has 3 rings (SSSR count). The van der Waals surface area contributed by atoms with Gasteiger partial charge in [0.1, 0.15) is 30.9 Å². The highest BCUT2D eigenvalue weighted by Crippen LogP contribution is 2.44. The Balaban J connectivity index is 1.46. The van der Waals surface area contributed by atoms with E-state index >= 15 is 0 Å². The van der Waals surface area contributed by atoms with E-state index in [-0.39, 0.29) is 44.3 Å². The monoisotopic (exact) mass is 635 g/mol. The molecule has 0 saturated carbocycles. The van der Waals surface area contributed by atoms with Crippen LogP contribution in [0.3, 0.4) is 0 Å². The third-order valence-electron chi connectivity index (χ3n) is 7.23. The van der Waals surface area contributed by atoms with Gasteiger partial charge < -0.3 is 30.2 Å². The minimum absolute atomic E-state index is 0.000531. The molecule has 248 valence electrons. The van der Waals surface area contributed by atoms with E-state index in [4.69, 9.17) is 14.2 Å². The lowest BCUT2D eigenvalue weighted by molar-refractivity contribution is -0.158. The van der Waals surface area contributed by atoms with Gasteiger partial charge in [-0.15, -0.1) is 0 Å². The first kappa shape index (κ1) is 35.8. The molecule has 2 aromatic rings. The minimum Gasteiger partial charge on any atom is -0.460 e. The predicted molar refractivity (Wildman–Crippen MR) is 173 cm³/mol. The predicted octanol–water partition coefficient (Wildman–Crippen LogP) is 4.54. The van der Waals surface area contributed by atoms with E-state index in [0.29, 0.717) is 19.4 Å². The molecule has 0 heterocycles. The van der Waals surface area contributed by atoms with Crippen molar-refractivity contribution in [2.75, 3.05) is 19.8 Å². The molecule has 0 spiro atoms. The van der Waals surface area contributed by atoms with Crippen molar-refractivity contribution in [2.24, 2.45) is 0 Å². The van der Waals surface area contributed by atoms with Gasteiger partial charge in [0.2, 0.25) is 11.8 Å². The van der Waals surface area contributed by atoms with Crippen LogP contribution in [0.2, 0.25) is 0 Å². The Morgan fingerprint density at radius 2 is 1.46 bits per heavy atom. The van der Waals surface area contributed by atoms with Gasteiger partial charge >= 0.3 is 18.0 Å². The number of benzene rings is 2. The van der Waals surface area contributed by atoms with Gasteiger partial charge in [-0.3, -0.25) is 9.59 Å². The molecule has 46 heavy (non-hydrogen) atoms. The standard InChI is InChI=1S/C35H45N3O8/c1-6-21-44-32(41)29(17-11-12-20-36-31(40)19-18-30(37-23(2)39)33(42)46-35(3,4)5)38-34(43)45-22-28-26-15-9-7-13-24(26)25-14-8-10-16-27(25)28/h6-10,13-16,28-30H,1,11-12,17-22H2,2-5H3,(H,36,40)(H,37,39)(H,38,43)/t29-,30-/m0/s1. The quantitative estimate of drug-likeness (QED) is 0.105. The van der Waals surface area contributed by atoms with Crippen molar-refractivity contribution >= 4 is 29.8 Å². The highest BCUT2D eigenvalue weighted by Gasteiger charge is 2.30. The zero-order valence-corrected chi connectivity index (χ0v) is 27.1. The van der Waals surface area contributed by atoms with Gasteiger partial charge in [0.15, 0.2) is 0 Å². The average Bonchev–Trinajstić information content (AvgIpc) is 3.32. The second-order valence-electron chi connectivity index (χ2n) is 12.1. The summed E-state index contributed by atoms with van der Waals surface area (Å²) >= 11 is 0. The van der Waals surface area contributed by atoms with Crippen LogP contribution in [0, 0.1) is 0 Å². The van der Waals surface area contributed by atoms with Crippen LogP contribution in [0.25, 0.3) is 11.1 Å². The second kappa shape index (κ2) is 17.1. The van der Waals surface area contributed by atoms with Gasteiger partial charge in [-0.05, 0) is 68.7 Å². The smallest absolute Gasteiger partial charge is 0.407 e. The van der Waals surface area contributed by atoms with E-state index in [1.54, 1.807) is 20.8 Å². The lowest BCUT2D eigenvalue weighted by Crippen LogP contribution is -2.44. The second-order valence-corrected chi connectivity index (χ2v) is 12.1. The van der Waals surface area contributed by atoms with Gasteiger partial charge in [-0.2, -0.15) is 0 Å². The summed E-state index contributed by atoms with van der Waals surface area (Å²) in [4.78, 5) is 61.9. The molecule has 3 amide bonds. The lowest BCUT2D eigenvalue weighted by Gasteiger charge is -2.24. The lowest BCUT2D eigenvalue weighted by atomic mass is 9.98. The summed E-state index contributed by atoms with van der Waals surface area (Å²) in [6.45, 7) is 10.4. The summed E-state index contributed by atoms with van der Waals surface area (Å²) in [7, 11) is 0. The number of nitrogens with one attached hydrogen (secondary N) is 3. The van der Waals surface area contributed by atoms with Crippen LogP contribution in [-0.4, -0.2) is 67.3 Å². The molecule has 0 fully saturated rings. The summed E-state index contributed by atoms with van der Waals surface area (Å²) in [6.07, 6.45) is 2.07. The Morgan fingerprint density at radius 3 is 2.04 bits per heavy atom. The van der Waals surface area contributed by atoms with E-state index in [9.17, 15) is 24.0 Å². The van der Waals surface area contributed by atoms with E-state index in [2.05, 4.69) is 34.7 Å². The maximum atomic E-state index is 12.8. The Bertz CT molecular complexity index is 1350. The molecule has 2 atom stereocenters. The topological polar surface area (TPSA) is 149 Å². The van der Waals surface area contributed by atoms with E-state index in [1.165, 1.54) is 13.0 Å². The number of hydrogen-bond acceptors (Lipinski definition) is 8. The van der Waals surface area contributed by atoms with Gasteiger partial charge in [-0.25, -0.2) is 14.4 Å². The number of fused-ring (bicyclic) bond motifs is 3. The third kappa shape index (κ3) is 11.0. The van der Waals surface area contributed by atoms with Crippen molar-refractivity contribution in [1.82, 2.24) is 16.0 Å². The molecule has 2 aromatic carbocycles. The van der Waals surface area contributed by atoms with Crippen molar-refractivity contribution in [2.45, 2.75) is 83.4 Å². The molecule has 0 radical (unpaired) electrons. The fourth-order valence-electron chi connectivity index (χ4n) is 5.21. The first-order valence-electron chi connectivity index (χ1n) is 15.5. The summed E-state index contributed by atoms with van der Waals surface area (Å²) in [5.41, 5.74) is 3.65. The summed E-state index contributed by atoms with van der Waals surface area (Å²) in [5, 5.41) is 7.95. The van der Waals surface area contributed by atoms with Crippen molar-refractivity contribution in [3.05, 3.63) is 72.3 Å². The van der Waals surface area contributed by atoms with E-state index < -0.39 is 41.6 Å².